The number of thiazole rings is 1. The second-order valence-electron chi connectivity index (χ2n) is 6.84. The van der Waals surface area contributed by atoms with E-state index < -0.39 is 5.41 Å². The average Bonchev–Trinajstić information content (AvgIpc) is 3.22. The van der Waals surface area contributed by atoms with Crippen LogP contribution in [0, 0.1) is 0 Å². The van der Waals surface area contributed by atoms with Gasteiger partial charge in [-0.2, -0.15) is 0 Å². The predicted octanol–water partition coefficient (Wildman–Crippen LogP) is 4.34. The second-order valence-corrected chi connectivity index (χ2v) is 7.83. The SMILES string of the molecule is COc1ccccc1Oc1cnc(NC(=O)C2(c3ccc4c(c3)OCO4)CC2)s1. The van der Waals surface area contributed by atoms with Gasteiger partial charge in [0.25, 0.3) is 0 Å². The number of rotatable bonds is 6. The van der Waals surface area contributed by atoms with Gasteiger partial charge in [-0.15, -0.1) is 0 Å². The Bertz CT molecular complexity index is 1080. The van der Waals surface area contributed by atoms with Gasteiger partial charge in [0, 0.05) is 0 Å². The number of carbonyl (C=O) groups is 1. The van der Waals surface area contributed by atoms with E-state index in [4.69, 9.17) is 18.9 Å². The molecule has 0 saturated heterocycles. The lowest BCUT2D eigenvalue weighted by Gasteiger charge is -2.15. The van der Waals surface area contributed by atoms with Crippen LogP contribution in [0.15, 0.2) is 48.7 Å². The first-order chi connectivity index (χ1) is 14.2. The van der Waals surface area contributed by atoms with Crippen LogP contribution < -0.4 is 24.3 Å². The molecular formula is C21H18N2O5S. The summed E-state index contributed by atoms with van der Waals surface area (Å²) in [7, 11) is 1.59. The molecule has 1 saturated carbocycles. The van der Waals surface area contributed by atoms with Crippen LogP contribution in [0.25, 0.3) is 0 Å². The van der Waals surface area contributed by atoms with E-state index in [1.54, 1.807) is 13.3 Å². The smallest absolute Gasteiger partial charge is 0.236 e. The van der Waals surface area contributed by atoms with Crippen LogP contribution in [0.5, 0.6) is 28.1 Å². The minimum absolute atomic E-state index is 0.0745. The number of methoxy groups -OCH3 is 1. The highest BCUT2D eigenvalue weighted by Gasteiger charge is 2.52. The maximum Gasteiger partial charge on any atom is 0.236 e. The molecule has 0 spiro atoms. The Morgan fingerprint density at radius 2 is 1.93 bits per heavy atom. The molecule has 0 bridgehead atoms. The van der Waals surface area contributed by atoms with E-state index in [1.807, 2.05) is 42.5 Å². The van der Waals surface area contributed by atoms with Crippen molar-refractivity contribution in [3.8, 4) is 28.1 Å². The Morgan fingerprint density at radius 1 is 1.14 bits per heavy atom. The molecule has 1 amide bonds. The molecule has 1 N–H and O–H groups in total. The lowest BCUT2D eigenvalue weighted by Crippen LogP contribution is -2.27. The molecule has 1 aliphatic carbocycles. The van der Waals surface area contributed by atoms with Crippen LogP contribution in [-0.2, 0) is 10.2 Å². The molecule has 5 rings (SSSR count). The number of para-hydroxylation sites is 2. The van der Waals surface area contributed by atoms with E-state index in [9.17, 15) is 4.79 Å². The van der Waals surface area contributed by atoms with Crippen molar-refractivity contribution in [1.82, 2.24) is 4.98 Å². The molecule has 2 aliphatic rings. The summed E-state index contributed by atoms with van der Waals surface area (Å²) in [5.74, 6) is 2.54. The zero-order valence-electron chi connectivity index (χ0n) is 15.6. The van der Waals surface area contributed by atoms with Crippen LogP contribution in [0.2, 0.25) is 0 Å². The van der Waals surface area contributed by atoms with Crippen molar-refractivity contribution in [2.24, 2.45) is 0 Å². The average molecular weight is 410 g/mol. The van der Waals surface area contributed by atoms with Crippen molar-refractivity contribution in [2.75, 3.05) is 19.2 Å². The standard InChI is InChI=1S/C21H18N2O5S/c1-25-14-4-2-3-5-16(14)28-18-11-22-20(29-18)23-19(24)21(8-9-21)13-6-7-15-17(10-13)27-12-26-15/h2-7,10-11H,8-9,12H2,1H3,(H,22,23,24). The van der Waals surface area contributed by atoms with Crippen LogP contribution in [0.1, 0.15) is 18.4 Å². The highest BCUT2D eigenvalue weighted by molar-refractivity contribution is 7.17. The highest BCUT2D eigenvalue weighted by Crippen LogP contribution is 2.51. The molecular weight excluding hydrogens is 392 g/mol. The fourth-order valence-corrected chi connectivity index (χ4v) is 4.04. The van der Waals surface area contributed by atoms with Gasteiger partial charge in [-0.1, -0.05) is 29.5 Å². The minimum Gasteiger partial charge on any atom is -0.493 e. The summed E-state index contributed by atoms with van der Waals surface area (Å²) in [6.45, 7) is 0.214. The largest absolute Gasteiger partial charge is 0.493 e. The summed E-state index contributed by atoms with van der Waals surface area (Å²) in [5.41, 5.74) is 0.386. The summed E-state index contributed by atoms with van der Waals surface area (Å²) >= 11 is 1.27. The maximum absolute atomic E-state index is 13.0. The van der Waals surface area contributed by atoms with E-state index in [1.165, 1.54) is 11.3 Å². The molecule has 0 atom stereocenters. The number of nitrogens with one attached hydrogen (secondary N) is 1. The van der Waals surface area contributed by atoms with Crippen LogP contribution >= 0.6 is 11.3 Å². The molecule has 29 heavy (non-hydrogen) atoms. The zero-order valence-corrected chi connectivity index (χ0v) is 16.5. The van der Waals surface area contributed by atoms with Crippen molar-refractivity contribution >= 4 is 22.4 Å². The summed E-state index contributed by atoms with van der Waals surface area (Å²) in [6, 6.07) is 13.1. The molecule has 8 heteroatoms. The first-order valence-corrected chi connectivity index (χ1v) is 9.98. The van der Waals surface area contributed by atoms with E-state index in [0.717, 1.165) is 18.4 Å². The predicted molar refractivity (Wildman–Crippen MR) is 107 cm³/mol. The summed E-state index contributed by atoms with van der Waals surface area (Å²) in [4.78, 5) is 17.3. The van der Waals surface area contributed by atoms with Crippen LogP contribution in [-0.4, -0.2) is 24.8 Å². The number of ether oxygens (including phenoxy) is 4. The van der Waals surface area contributed by atoms with Gasteiger partial charge in [-0.05, 0) is 42.7 Å². The second kappa shape index (κ2) is 6.97. The molecule has 1 aliphatic heterocycles. The highest BCUT2D eigenvalue weighted by atomic mass is 32.1. The van der Waals surface area contributed by atoms with Gasteiger partial charge in [0.05, 0.1) is 18.7 Å². The Labute approximate surface area is 171 Å². The number of carbonyl (C=O) groups excluding carboxylic acids is 1. The van der Waals surface area contributed by atoms with Gasteiger partial charge in [-0.3, -0.25) is 4.79 Å². The number of aromatic nitrogens is 1. The quantitative estimate of drug-likeness (QED) is 0.651. The third kappa shape index (κ3) is 3.25. The first-order valence-electron chi connectivity index (χ1n) is 9.16. The molecule has 1 fully saturated rings. The van der Waals surface area contributed by atoms with Crippen molar-refractivity contribution < 1.29 is 23.7 Å². The molecule has 2 heterocycles. The third-order valence-corrected chi connectivity index (χ3v) is 5.89. The Kier molecular flexibility index (Phi) is 4.28. The number of fused-ring (bicyclic) bond motifs is 1. The van der Waals surface area contributed by atoms with Gasteiger partial charge in [0.1, 0.15) is 0 Å². The number of amides is 1. The van der Waals surface area contributed by atoms with E-state index in [0.29, 0.717) is 33.2 Å². The number of hydrogen-bond donors (Lipinski definition) is 1. The van der Waals surface area contributed by atoms with Crippen LogP contribution in [0.3, 0.4) is 0 Å². The lowest BCUT2D eigenvalue weighted by atomic mass is 9.94. The molecule has 148 valence electrons. The number of benzene rings is 2. The molecule has 3 aromatic rings. The Hall–Kier alpha value is -3.26. The maximum atomic E-state index is 13.0. The molecule has 1 aromatic heterocycles. The number of hydrogen-bond acceptors (Lipinski definition) is 7. The fourth-order valence-electron chi connectivity index (χ4n) is 3.36. The summed E-state index contributed by atoms with van der Waals surface area (Å²) in [5, 5.41) is 3.99. The molecule has 7 nitrogen and oxygen atoms in total. The number of nitrogens with zero attached hydrogens (tertiary/aromatic N) is 1. The van der Waals surface area contributed by atoms with Gasteiger partial charge in [-0.25, -0.2) is 4.98 Å². The third-order valence-electron chi connectivity index (χ3n) is 5.09. The van der Waals surface area contributed by atoms with Crippen molar-refractivity contribution in [3.05, 3.63) is 54.2 Å². The van der Waals surface area contributed by atoms with Gasteiger partial charge < -0.3 is 24.3 Å². The molecule has 0 radical (unpaired) electrons. The summed E-state index contributed by atoms with van der Waals surface area (Å²) in [6.07, 6.45) is 3.16. The fraction of sp³-hybridized carbons (Fsp3) is 0.238. The van der Waals surface area contributed by atoms with E-state index in [-0.39, 0.29) is 12.7 Å². The lowest BCUT2D eigenvalue weighted by molar-refractivity contribution is -0.118. The van der Waals surface area contributed by atoms with Gasteiger partial charge in [0.15, 0.2) is 28.1 Å². The number of anilines is 1. The normalized spacial score (nSPS) is 15.6. The molecule has 2 aromatic carbocycles. The van der Waals surface area contributed by atoms with Crippen LogP contribution in [0.4, 0.5) is 5.13 Å². The first kappa shape index (κ1) is 17.8. The van der Waals surface area contributed by atoms with Gasteiger partial charge >= 0.3 is 0 Å². The minimum atomic E-state index is -0.545. The molecule has 0 unspecified atom stereocenters. The monoisotopic (exact) mass is 410 g/mol. The van der Waals surface area contributed by atoms with Crippen molar-refractivity contribution in [3.63, 3.8) is 0 Å². The van der Waals surface area contributed by atoms with E-state index in [2.05, 4.69) is 10.3 Å². The Morgan fingerprint density at radius 3 is 2.72 bits per heavy atom. The zero-order chi connectivity index (χ0) is 19.8. The van der Waals surface area contributed by atoms with Gasteiger partial charge in [0.2, 0.25) is 17.8 Å². The topological polar surface area (TPSA) is 78.9 Å². The Balaban J connectivity index is 1.30. The summed E-state index contributed by atoms with van der Waals surface area (Å²) < 4.78 is 21.9. The van der Waals surface area contributed by atoms with Crippen molar-refractivity contribution in [2.45, 2.75) is 18.3 Å². The van der Waals surface area contributed by atoms with E-state index >= 15 is 0 Å². The van der Waals surface area contributed by atoms with Crippen molar-refractivity contribution in [1.29, 1.82) is 0 Å².